The van der Waals surface area contributed by atoms with Crippen LogP contribution < -0.4 is 5.32 Å². The molecule has 0 amide bonds. The lowest BCUT2D eigenvalue weighted by atomic mass is 10.1. The number of hydrogen-bond donors (Lipinski definition) is 1. The summed E-state index contributed by atoms with van der Waals surface area (Å²) in [6, 6.07) is 19.9. The lowest BCUT2D eigenvalue weighted by molar-refractivity contribution is 0.468. The predicted octanol–water partition coefficient (Wildman–Crippen LogP) is 6.10. The first-order valence-electron chi connectivity index (χ1n) is 7.45. The fourth-order valence-electron chi connectivity index (χ4n) is 2.44. The summed E-state index contributed by atoms with van der Waals surface area (Å²) in [5.41, 5.74) is 2.13. The monoisotopic (exact) mass is 345 g/mol. The smallest absolute Gasteiger partial charge is 0.134 e. The second kappa shape index (κ2) is 7.22. The largest absolute Gasteiger partial charge is 0.460 e. The quantitative estimate of drug-likeness (QED) is 0.603. The summed E-state index contributed by atoms with van der Waals surface area (Å²) in [4.78, 5) is 0. The Balaban J connectivity index is 1.68. The Morgan fingerprint density at radius 3 is 2.35 bits per heavy atom. The van der Waals surface area contributed by atoms with Crippen molar-refractivity contribution >= 4 is 23.2 Å². The number of furan rings is 1. The molecule has 0 radical (unpaired) electrons. The zero-order valence-corrected chi connectivity index (χ0v) is 14.2. The average Bonchev–Trinajstić information content (AvgIpc) is 3.01. The van der Waals surface area contributed by atoms with E-state index in [1.54, 1.807) is 6.07 Å². The van der Waals surface area contributed by atoms with Crippen LogP contribution in [0.15, 0.2) is 65.1 Å². The summed E-state index contributed by atoms with van der Waals surface area (Å²) in [5, 5.41) is 4.65. The van der Waals surface area contributed by atoms with Crippen molar-refractivity contribution in [1.29, 1.82) is 0 Å². The lowest BCUT2D eigenvalue weighted by Crippen LogP contribution is -2.17. The van der Waals surface area contributed by atoms with E-state index < -0.39 is 0 Å². The molecule has 1 N–H and O–H groups in total. The van der Waals surface area contributed by atoms with E-state index in [-0.39, 0.29) is 6.04 Å². The van der Waals surface area contributed by atoms with Gasteiger partial charge >= 0.3 is 0 Å². The molecule has 1 heterocycles. The van der Waals surface area contributed by atoms with Crippen LogP contribution in [0.5, 0.6) is 0 Å². The highest BCUT2D eigenvalue weighted by Gasteiger charge is 2.09. The summed E-state index contributed by atoms with van der Waals surface area (Å²) >= 11 is 12.1. The average molecular weight is 346 g/mol. The van der Waals surface area contributed by atoms with Gasteiger partial charge in [-0.15, -0.1) is 0 Å². The van der Waals surface area contributed by atoms with Gasteiger partial charge in [0.1, 0.15) is 11.5 Å². The molecule has 0 aliphatic carbocycles. The maximum Gasteiger partial charge on any atom is 0.134 e. The molecule has 2 aromatic carbocycles. The van der Waals surface area contributed by atoms with Gasteiger partial charge in [0.05, 0.1) is 6.54 Å². The Kier molecular flexibility index (Phi) is 5.06. The standard InChI is InChI=1S/C19H17Cl2NO/c1-13(14-5-3-2-4-6-14)22-12-18-7-8-19(23-18)15-9-16(20)11-17(21)10-15/h2-11,13,22H,12H2,1H3. The highest BCUT2D eigenvalue weighted by molar-refractivity contribution is 6.35. The molecule has 1 atom stereocenters. The summed E-state index contributed by atoms with van der Waals surface area (Å²) < 4.78 is 5.89. The Morgan fingerprint density at radius 2 is 1.65 bits per heavy atom. The first kappa shape index (κ1) is 16.1. The summed E-state index contributed by atoms with van der Waals surface area (Å²) in [6.07, 6.45) is 0. The third kappa shape index (κ3) is 4.17. The third-order valence-corrected chi connectivity index (χ3v) is 4.13. The van der Waals surface area contributed by atoms with E-state index in [2.05, 4.69) is 24.4 Å². The minimum absolute atomic E-state index is 0.255. The van der Waals surface area contributed by atoms with E-state index in [0.717, 1.165) is 17.1 Å². The number of rotatable bonds is 5. The highest BCUT2D eigenvalue weighted by atomic mass is 35.5. The van der Waals surface area contributed by atoms with Crippen LogP contribution in [0.25, 0.3) is 11.3 Å². The van der Waals surface area contributed by atoms with Gasteiger partial charge < -0.3 is 9.73 Å². The lowest BCUT2D eigenvalue weighted by Gasteiger charge is -2.12. The van der Waals surface area contributed by atoms with E-state index in [9.17, 15) is 0 Å². The topological polar surface area (TPSA) is 25.2 Å². The van der Waals surface area contributed by atoms with Crippen LogP contribution >= 0.6 is 23.2 Å². The van der Waals surface area contributed by atoms with Crippen LogP contribution in [0.3, 0.4) is 0 Å². The zero-order valence-electron chi connectivity index (χ0n) is 12.7. The molecule has 0 fully saturated rings. The molecular weight excluding hydrogens is 329 g/mol. The summed E-state index contributed by atoms with van der Waals surface area (Å²) in [6.45, 7) is 2.79. The Morgan fingerprint density at radius 1 is 0.957 bits per heavy atom. The van der Waals surface area contributed by atoms with Gasteiger partial charge in [0.2, 0.25) is 0 Å². The molecule has 0 saturated carbocycles. The van der Waals surface area contributed by atoms with Crippen molar-refractivity contribution in [3.8, 4) is 11.3 Å². The Hall–Kier alpha value is -1.74. The molecule has 0 saturated heterocycles. The normalized spacial score (nSPS) is 12.3. The fourth-order valence-corrected chi connectivity index (χ4v) is 2.96. The van der Waals surface area contributed by atoms with Crippen LogP contribution in [0, 0.1) is 0 Å². The molecule has 3 rings (SSSR count). The van der Waals surface area contributed by atoms with Crippen molar-refractivity contribution < 1.29 is 4.42 Å². The third-order valence-electron chi connectivity index (χ3n) is 3.69. The second-order valence-corrected chi connectivity index (χ2v) is 6.31. The van der Waals surface area contributed by atoms with Crippen molar-refractivity contribution in [3.05, 3.63) is 82.0 Å². The number of halogens is 2. The van der Waals surface area contributed by atoms with Crippen molar-refractivity contribution in [3.63, 3.8) is 0 Å². The van der Waals surface area contributed by atoms with E-state index in [0.29, 0.717) is 16.6 Å². The first-order chi connectivity index (χ1) is 11.1. The number of nitrogens with one attached hydrogen (secondary N) is 1. The van der Waals surface area contributed by atoms with E-state index in [4.69, 9.17) is 27.6 Å². The van der Waals surface area contributed by atoms with E-state index >= 15 is 0 Å². The van der Waals surface area contributed by atoms with Crippen molar-refractivity contribution in [2.45, 2.75) is 19.5 Å². The van der Waals surface area contributed by atoms with Gasteiger partial charge in [0.25, 0.3) is 0 Å². The van der Waals surface area contributed by atoms with Crippen molar-refractivity contribution in [1.82, 2.24) is 5.32 Å². The van der Waals surface area contributed by atoms with Gasteiger partial charge in [-0.05, 0) is 42.8 Å². The number of hydrogen-bond acceptors (Lipinski definition) is 2. The fraction of sp³-hybridized carbons (Fsp3) is 0.158. The molecule has 1 unspecified atom stereocenters. The van der Waals surface area contributed by atoms with Gasteiger partial charge in [-0.25, -0.2) is 0 Å². The maximum absolute atomic E-state index is 6.04. The van der Waals surface area contributed by atoms with Crippen molar-refractivity contribution in [2.75, 3.05) is 0 Å². The van der Waals surface area contributed by atoms with E-state index in [1.807, 2.05) is 42.5 Å². The minimum Gasteiger partial charge on any atom is -0.460 e. The molecule has 1 aromatic heterocycles. The van der Waals surface area contributed by atoms with Crippen LogP contribution in [0.2, 0.25) is 10.0 Å². The van der Waals surface area contributed by atoms with Gasteiger partial charge in [-0.2, -0.15) is 0 Å². The Bertz CT molecular complexity index is 763. The molecule has 4 heteroatoms. The van der Waals surface area contributed by atoms with Crippen molar-refractivity contribution in [2.24, 2.45) is 0 Å². The van der Waals surface area contributed by atoms with Crippen LogP contribution in [-0.4, -0.2) is 0 Å². The molecule has 118 valence electrons. The summed E-state index contributed by atoms with van der Waals surface area (Å²) in [7, 11) is 0. The SMILES string of the molecule is CC(NCc1ccc(-c2cc(Cl)cc(Cl)c2)o1)c1ccccc1. The van der Waals surface area contributed by atoms with Gasteiger partial charge in [-0.1, -0.05) is 53.5 Å². The molecule has 23 heavy (non-hydrogen) atoms. The van der Waals surface area contributed by atoms with Crippen LogP contribution in [0.1, 0.15) is 24.3 Å². The number of benzene rings is 2. The molecule has 0 aliphatic heterocycles. The molecule has 2 nitrogen and oxygen atoms in total. The van der Waals surface area contributed by atoms with Gasteiger partial charge in [0, 0.05) is 21.7 Å². The highest BCUT2D eigenvalue weighted by Crippen LogP contribution is 2.28. The predicted molar refractivity (Wildman–Crippen MR) is 95.9 cm³/mol. The first-order valence-corrected chi connectivity index (χ1v) is 8.21. The molecule has 3 aromatic rings. The minimum atomic E-state index is 0.255. The second-order valence-electron chi connectivity index (χ2n) is 5.44. The van der Waals surface area contributed by atoms with Crippen LogP contribution in [-0.2, 0) is 6.54 Å². The van der Waals surface area contributed by atoms with Gasteiger partial charge in [-0.3, -0.25) is 0 Å². The molecule has 0 aliphatic rings. The van der Waals surface area contributed by atoms with Crippen LogP contribution in [0.4, 0.5) is 0 Å². The zero-order chi connectivity index (χ0) is 16.2. The van der Waals surface area contributed by atoms with E-state index in [1.165, 1.54) is 5.56 Å². The summed E-state index contributed by atoms with van der Waals surface area (Å²) in [5.74, 6) is 1.64. The maximum atomic E-state index is 6.04. The molecular formula is C19H17Cl2NO. The Labute approximate surface area is 146 Å². The molecule has 0 bridgehead atoms. The van der Waals surface area contributed by atoms with Gasteiger partial charge in [0.15, 0.2) is 0 Å². The molecule has 0 spiro atoms.